The maximum atomic E-state index is 12.5. The highest BCUT2D eigenvalue weighted by atomic mass is 32.2. The van der Waals surface area contributed by atoms with Gasteiger partial charge < -0.3 is 5.43 Å². The van der Waals surface area contributed by atoms with Gasteiger partial charge in [-0.05, 0) is 43.0 Å². The van der Waals surface area contributed by atoms with Gasteiger partial charge in [0.25, 0.3) is 0 Å². The topological polar surface area (TPSA) is 75.4 Å². The van der Waals surface area contributed by atoms with Gasteiger partial charge in [-0.2, -0.15) is 4.31 Å². The molecule has 1 fully saturated rings. The van der Waals surface area contributed by atoms with E-state index < -0.39 is 10.0 Å². The summed E-state index contributed by atoms with van der Waals surface area (Å²) < 4.78 is 26.6. The normalized spacial score (nSPS) is 16.4. The van der Waals surface area contributed by atoms with Crippen LogP contribution in [0.2, 0.25) is 0 Å². The number of nitrogens with one attached hydrogen (secondary N) is 1. The van der Waals surface area contributed by atoms with Crippen LogP contribution in [-0.4, -0.2) is 25.8 Å². The molecular weight excluding hydrogens is 262 g/mol. The number of nitrogen functional groups attached to an aromatic ring is 1. The minimum absolute atomic E-state index is 0.327. The predicted octanol–water partition coefficient (Wildman–Crippen LogP) is 1.78. The monoisotopic (exact) mass is 283 g/mol. The Balaban J connectivity index is 2.17. The summed E-state index contributed by atoms with van der Waals surface area (Å²) in [4.78, 5) is 0.327. The van der Waals surface area contributed by atoms with Gasteiger partial charge in [-0.1, -0.05) is 13.3 Å². The third-order valence-corrected chi connectivity index (χ3v) is 5.65. The molecule has 0 radical (unpaired) electrons. The summed E-state index contributed by atoms with van der Waals surface area (Å²) in [5.74, 6) is 5.80. The van der Waals surface area contributed by atoms with Crippen molar-refractivity contribution in [2.45, 2.75) is 31.1 Å². The van der Waals surface area contributed by atoms with Crippen LogP contribution in [0, 0.1) is 5.92 Å². The predicted molar refractivity (Wildman–Crippen MR) is 76.0 cm³/mol. The number of sulfonamides is 1. The fourth-order valence-corrected chi connectivity index (χ4v) is 3.76. The Morgan fingerprint density at radius 3 is 2.37 bits per heavy atom. The van der Waals surface area contributed by atoms with Crippen molar-refractivity contribution in [2.24, 2.45) is 11.8 Å². The molecule has 1 aliphatic rings. The van der Waals surface area contributed by atoms with Crippen LogP contribution in [0.3, 0.4) is 0 Å². The molecule has 1 aromatic rings. The average Bonchev–Trinajstić information content (AvgIpc) is 2.37. The lowest BCUT2D eigenvalue weighted by Gasteiger charge is -2.31. The second-order valence-corrected chi connectivity index (χ2v) is 6.86. The molecule has 1 saturated carbocycles. The molecule has 0 aromatic heterocycles. The van der Waals surface area contributed by atoms with E-state index in [2.05, 4.69) is 5.43 Å². The Bertz CT molecular complexity index is 509. The maximum Gasteiger partial charge on any atom is 0.243 e. The average molecular weight is 283 g/mol. The summed E-state index contributed by atoms with van der Waals surface area (Å²) in [7, 11) is -3.38. The lowest BCUT2D eigenvalue weighted by Crippen LogP contribution is -2.37. The third-order valence-electron chi connectivity index (χ3n) is 3.70. The van der Waals surface area contributed by atoms with Crippen molar-refractivity contribution in [1.29, 1.82) is 0 Å². The van der Waals surface area contributed by atoms with Gasteiger partial charge in [0.2, 0.25) is 10.0 Å². The number of hydrogen-bond donors (Lipinski definition) is 2. The highest BCUT2D eigenvalue weighted by Crippen LogP contribution is 2.29. The number of hydrogen-bond acceptors (Lipinski definition) is 4. The second kappa shape index (κ2) is 5.90. The highest BCUT2D eigenvalue weighted by Gasteiger charge is 2.28. The Morgan fingerprint density at radius 1 is 1.32 bits per heavy atom. The smallest absolute Gasteiger partial charge is 0.243 e. The van der Waals surface area contributed by atoms with Gasteiger partial charge in [0.1, 0.15) is 0 Å². The fraction of sp³-hybridized carbons (Fsp3) is 0.538. The van der Waals surface area contributed by atoms with E-state index in [1.54, 1.807) is 28.6 Å². The van der Waals surface area contributed by atoms with Crippen LogP contribution in [0.25, 0.3) is 0 Å². The van der Waals surface area contributed by atoms with E-state index in [0.29, 0.717) is 29.6 Å². The minimum Gasteiger partial charge on any atom is -0.324 e. The molecule has 106 valence electrons. The zero-order valence-corrected chi connectivity index (χ0v) is 12.0. The molecule has 0 bridgehead atoms. The first kappa shape index (κ1) is 14.3. The largest absolute Gasteiger partial charge is 0.324 e. The van der Waals surface area contributed by atoms with Gasteiger partial charge in [0.05, 0.1) is 4.90 Å². The van der Waals surface area contributed by atoms with Crippen LogP contribution in [0.15, 0.2) is 29.2 Å². The highest BCUT2D eigenvalue weighted by molar-refractivity contribution is 7.89. The summed E-state index contributed by atoms with van der Waals surface area (Å²) in [6.07, 6.45) is 3.50. The van der Waals surface area contributed by atoms with E-state index in [-0.39, 0.29) is 0 Å². The van der Waals surface area contributed by atoms with Gasteiger partial charge >= 0.3 is 0 Å². The summed E-state index contributed by atoms with van der Waals surface area (Å²) in [5, 5.41) is 0. The van der Waals surface area contributed by atoms with Crippen LogP contribution in [-0.2, 0) is 10.0 Å². The van der Waals surface area contributed by atoms with Crippen molar-refractivity contribution in [3.05, 3.63) is 24.3 Å². The van der Waals surface area contributed by atoms with E-state index in [0.717, 1.165) is 12.8 Å². The fourth-order valence-electron chi connectivity index (χ4n) is 2.23. The third kappa shape index (κ3) is 3.08. The number of hydrazine groups is 1. The lowest BCUT2D eigenvalue weighted by molar-refractivity contribution is 0.250. The standard InChI is InChI=1S/C13H21N3O2S/c1-2-16(10-11-4-3-5-11)19(17,18)13-8-6-12(15-14)7-9-13/h6-9,11,15H,2-5,10,14H2,1H3. The molecule has 0 aliphatic heterocycles. The lowest BCUT2D eigenvalue weighted by atomic mass is 9.85. The Morgan fingerprint density at radius 2 is 1.95 bits per heavy atom. The van der Waals surface area contributed by atoms with Gasteiger partial charge in [-0.25, -0.2) is 8.42 Å². The Kier molecular flexibility index (Phi) is 4.44. The molecule has 0 saturated heterocycles. The number of rotatable bonds is 6. The van der Waals surface area contributed by atoms with Crippen LogP contribution in [0.4, 0.5) is 5.69 Å². The SMILES string of the molecule is CCN(CC1CCC1)S(=O)(=O)c1ccc(NN)cc1. The zero-order valence-electron chi connectivity index (χ0n) is 11.2. The van der Waals surface area contributed by atoms with Gasteiger partial charge in [-0.15, -0.1) is 0 Å². The van der Waals surface area contributed by atoms with Crippen LogP contribution < -0.4 is 11.3 Å². The summed E-state index contributed by atoms with van der Waals surface area (Å²) in [6.45, 7) is 3.03. The molecular formula is C13H21N3O2S. The van der Waals surface area contributed by atoms with Crippen molar-refractivity contribution in [2.75, 3.05) is 18.5 Å². The first-order valence-electron chi connectivity index (χ1n) is 6.64. The van der Waals surface area contributed by atoms with E-state index in [1.165, 1.54) is 6.42 Å². The molecule has 6 heteroatoms. The van der Waals surface area contributed by atoms with Gasteiger partial charge in [0, 0.05) is 18.8 Å². The van der Waals surface area contributed by atoms with Crippen molar-refractivity contribution >= 4 is 15.7 Å². The maximum absolute atomic E-state index is 12.5. The van der Waals surface area contributed by atoms with Crippen molar-refractivity contribution in [3.8, 4) is 0 Å². The van der Waals surface area contributed by atoms with Crippen LogP contribution in [0.1, 0.15) is 26.2 Å². The van der Waals surface area contributed by atoms with Crippen LogP contribution in [0.5, 0.6) is 0 Å². The van der Waals surface area contributed by atoms with Crippen molar-refractivity contribution in [3.63, 3.8) is 0 Å². The number of nitrogens with two attached hydrogens (primary N) is 1. The van der Waals surface area contributed by atoms with Gasteiger partial charge in [-0.3, -0.25) is 5.84 Å². The Labute approximate surface area is 114 Å². The quantitative estimate of drug-likeness (QED) is 0.616. The number of nitrogens with zero attached hydrogens (tertiary/aromatic N) is 1. The molecule has 2 rings (SSSR count). The number of benzene rings is 1. The molecule has 0 spiro atoms. The first-order chi connectivity index (χ1) is 9.07. The van der Waals surface area contributed by atoms with E-state index in [1.807, 2.05) is 6.92 Å². The summed E-state index contributed by atoms with van der Waals surface area (Å²) in [6, 6.07) is 6.52. The molecule has 0 amide bonds. The first-order valence-corrected chi connectivity index (χ1v) is 8.08. The molecule has 3 N–H and O–H groups in total. The molecule has 1 aliphatic carbocycles. The molecule has 5 nitrogen and oxygen atoms in total. The van der Waals surface area contributed by atoms with E-state index in [9.17, 15) is 8.42 Å². The second-order valence-electron chi connectivity index (χ2n) is 4.92. The molecule has 19 heavy (non-hydrogen) atoms. The summed E-state index contributed by atoms with van der Waals surface area (Å²) >= 11 is 0. The number of anilines is 1. The van der Waals surface area contributed by atoms with Gasteiger partial charge in [0.15, 0.2) is 0 Å². The molecule has 0 atom stereocenters. The van der Waals surface area contributed by atoms with Crippen molar-refractivity contribution < 1.29 is 8.42 Å². The molecule has 0 heterocycles. The zero-order chi connectivity index (χ0) is 13.9. The minimum atomic E-state index is -3.38. The summed E-state index contributed by atoms with van der Waals surface area (Å²) in [5.41, 5.74) is 3.19. The molecule has 0 unspecified atom stereocenters. The molecule has 1 aromatic carbocycles. The van der Waals surface area contributed by atoms with Crippen molar-refractivity contribution in [1.82, 2.24) is 4.31 Å². The van der Waals surface area contributed by atoms with E-state index >= 15 is 0 Å². The Hall–Kier alpha value is -1.11. The van der Waals surface area contributed by atoms with E-state index in [4.69, 9.17) is 5.84 Å². The van der Waals surface area contributed by atoms with Crippen LogP contribution >= 0.6 is 0 Å².